The van der Waals surface area contributed by atoms with Crippen molar-refractivity contribution >= 4 is 5.91 Å². The van der Waals surface area contributed by atoms with Gasteiger partial charge in [-0.25, -0.2) is 0 Å². The molecule has 2 N–H and O–H groups in total. The fourth-order valence-corrected chi connectivity index (χ4v) is 1.63. The van der Waals surface area contributed by atoms with E-state index in [1.807, 2.05) is 36.9 Å². The van der Waals surface area contributed by atoms with Gasteiger partial charge in [0.05, 0.1) is 0 Å². The summed E-state index contributed by atoms with van der Waals surface area (Å²) in [5.41, 5.74) is 1.08. The van der Waals surface area contributed by atoms with Crippen LogP contribution in [0.4, 0.5) is 0 Å². The molecule has 1 amide bonds. The van der Waals surface area contributed by atoms with Crippen molar-refractivity contribution in [3.63, 3.8) is 0 Å². The first-order valence-electron chi connectivity index (χ1n) is 6.63. The molecule has 1 aromatic heterocycles. The Morgan fingerprint density at radius 2 is 2.11 bits per heavy atom. The third-order valence-corrected chi connectivity index (χ3v) is 3.08. The Balaban J connectivity index is 2.47. The summed E-state index contributed by atoms with van der Waals surface area (Å²) in [6.07, 6.45) is 4.89. The molecule has 1 heterocycles. The van der Waals surface area contributed by atoms with Gasteiger partial charge in [-0.3, -0.25) is 4.79 Å². The second-order valence-electron chi connectivity index (χ2n) is 5.26. The van der Waals surface area contributed by atoms with Crippen molar-refractivity contribution in [2.24, 2.45) is 0 Å². The predicted octanol–water partition coefficient (Wildman–Crippen LogP) is 1.90. The lowest BCUT2D eigenvalue weighted by Crippen LogP contribution is -2.44. The summed E-state index contributed by atoms with van der Waals surface area (Å²) in [5, 5.41) is 6.30. The highest BCUT2D eigenvalue weighted by atomic mass is 16.2. The summed E-state index contributed by atoms with van der Waals surface area (Å²) in [6, 6.07) is 2.04. The Labute approximate surface area is 110 Å². The molecule has 0 aromatic carbocycles. The van der Waals surface area contributed by atoms with Crippen LogP contribution in [0.2, 0.25) is 0 Å². The normalized spacial score (nSPS) is 11.6. The maximum Gasteiger partial charge on any atom is 0.240 e. The minimum atomic E-state index is -0.128. The summed E-state index contributed by atoms with van der Waals surface area (Å²) in [7, 11) is 0. The molecule has 0 bridgehead atoms. The second-order valence-corrected chi connectivity index (χ2v) is 5.26. The van der Waals surface area contributed by atoms with Crippen LogP contribution in [0.25, 0.3) is 0 Å². The van der Waals surface area contributed by atoms with E-state index in [2.05, 4.69) is 24.5 Å². The third kappa shape index (κ3) is 4.92. The van der Waals surface area contributed by atoms with Crippen LogP contribution >= 0.6 is 0 Å². The number of aromatic nitrogens is 1. The topological polar surface area (TPSA) is 46.1 Å². The second kappa shape index (κ2) is 6.59. The minimum Gasteiger partial charge on any atom is -0.350 e. The van der Waals surface area contributed by atoms with Crippen molar-refractivity contribution in [2.75, 3.05) is 6.54 Å². The van der Waals surface area contributed by atoms with Gasteiger partial charge in [0.1, 0.15) is 6.54 Å². The molecule has 18 heavy (non-hydrogen) atoms. The number of amides is 1. The van der Waals surface area contributed by atoms with Gasteiger partial charge in [-0.05, 0) is 38.4 Å². The molecule has 102 valence electrons. The van der Waals surface area contributed by atoms with Gasteiger partial charge >= 0.3 is 0 Å². The van der Waals surface area contributed by atoms with Gasteiger partial charge in [-0.2, -0.15) is 0 Å². The number of hydrogen-bond donors (Lipinski definition) is 2. The molecule has 0 radical (unpaired) electrons. The van der Waals surface area contributed by atoms with Gasteiger partial charge in [-0.1, -0.05) is 13.8 Å². The zero-order valence-electron chi connectivity index (χ0n) is 11.9. The van der Waals surface area contributed by atoms with Gasteiger partial charge in [0, 0.05) is 24.5 Å². The summed E-state index contributed by atoms with van der Waals surface area (Å²) in [4.78, 5) is 11.9. The first kappa shape index (κ1) is 14.8. The number of carbonyl (C=O) groups excluding carboxylic acids is 1. The van der Waals surface area contributed by atoms with E-state index in [1.54, 1.807) is 0 Å². The first-order valence-corrected chi connectivity index (χ1v) is 6.63. The SMILES string of the molecule is CCNCc1ccn(CC(=O)NC(C)(C)CC)c1. The van der Waals surface area contributed by atoms with Crippen molar-refractivity contribution in [1.82, 2.24) is 15.2 Å². The highest BCUT2D eigenvalue weighted by molar-refractivity contribution is 5.76. The molecule has 1 rings (SSSR count). The van der Waals surface area contributed by atoms with E-state index in [4.69, 9.17) is 0 Å². The lowest BCUT2D eigenvalue weighted by Gasteiger charge is -2.24. The third-order valence-electron chi connectivity index (χ3n) is 3.08. The quantitative estimate of drug-likeness (QED) is 0.777. The Morgan fingerprint density at radius 3 is 2.72 bits per heavy atom. The monoisotopic (exact) mass is 251 g/mol. The van der Waals surface area contributed by atoms with Gasteiger partial charge < -0.3 is 15.2 Å². The van der Waals surface area contributed by atoms with E-state index >= 15 is 0 Å². The molecule has 0 unspecified atom stereocenters. The molecule has 1 aromatic rings. The highest BCUT2D eigenvalue weighted by Crippen LogP contribution is 2.07. The molecule has 4 heteroatoms. The van der Waals surface area contributed by atoms with E-state index in [0.29, 0.717) is 6.54 Å². The maximum absolute atomic E-state index is 11.9. The Hall–Kier alpha value is -1.29. The van der Waals surface area contributed by atoms with E-state index in [-0.39, 0.29) is 11.4 Å². The largest absolute Gasteiger partial charge is 0.350 e. The molecule has 0 aliphatic heterocycles. The number of nitrogens with one attached hydrogen (secondary N) is 2. The first-order chi connectivity index (χ1) is 8.46. The molecule has 0 aliphatic carbocycles. The smallest absolute Gasteiger partial charge is 0.240 e. The minimum absolute atomic E-state index is 0.0625. The van der Waals surface area contributed by atoms with Gasteiger partial charge in [-0.15, -0.1) is 0 Å². The summed E-state index contributed by atoms with van der Waals surface area (Å²) in [6.45, 7) is 10.4. The van der Waals surface area contributed by atoms with Gasteiger partial charge in [0.2, 0.25) is 5.91 Å². The molecule has 0 saturated carbocycles. The fourth-order valence-electron chi connectivity index (χ4n) is 1.63. The van der Waals surface area contributed by atoms with Crippen LogP contribution in [0.15, 0.2) is 18.5 Å². The van der Waals surface area contributed by atoms with Gasteiger partial charge in [0.15, 0.2) is 0 Å². The van der Waals surface area contributed by atoms with Crippen molar-refractivity contribution in [1.29, 1.82) is 0 Å². The Kier molecular flexibility index (Phi) is 5.41. The number of nitrogens with zero attached hydrogens (tertiary/aromatic N) is 1. The van der Waals surface area contributed by atoms with Crippen LogP contribution in [-0.2, 0) is 17.9 Å². The van der Waals surface area contributed by atoms with Crippen LogP contribution in [-0.4, -0.2) is 22.6 Å². The standard InChI is InChI=1S/C14H25N3O/c1-5-14(3,4)16-13(18)11-17-8-7-12(10-17)9-15-6-2/h7-8,10,15H,5-6,9,11H2,1-4H3,(H,16,18). The molecule has 0 aliphatic rings. The molecule has 0 atom stereocenters. The molecule has 0 spiro atoms. The summed E-state index contributed by atoms with van der Waals surface area (Å²) >= 11 is 0. The summed E-state index contributed by atoms with van der Waals surface area (Å²) in [5.74, 6) is 0.0625. The number of carbonyl (C=O) groups is 1. The maximum atomic E-state index is 11.9. The zero-order chi connectivity index (χ0) is 13.6. The Bertz CT molecular complexity index is 382. The molecular weight excluding hydrogens is 226 g/mol. The van der Waals surface area contributed by atoms with Crippen LogP contribution in [0, 0.1) is 0 Å². The molecular formula is C14H25N3O. The number of hydrogen-bond acceptors (Lipinski definition) is 2. The zero-order valence-corrected chi connectivity index (χ0v) is 11.9. The van der Waals surface area contributed by atoms with Crippen molar-refractivity contribution in [3.05, 3.63) is 24.0 Å². The van der Waals surface area contributed by atoms with Crippen LogP contribution in [0.3, 0.4) is 0 Å². The molecule has 0 fully saturated rings. The Morgan fingerprint density at radius 1 is 1.39 bits per heavy atom. The molecule has 4 nitrogen and oxygen atoms in total. The lowest BCUT2D eigenvalue weighted by molar-refractivity contribution is -0.123. The van der Waals surface area contributed by atoms with Crippen molar-refractivity contribution < 1.29 is 4.79 Å². The van der Waals surface area contributed by atoms with Crippen molar-refractivity contribution in [2.45, 2.75) is 52.7 Å². The van der Waals surface area contributed by atoms with Crippen LogP contribution in [0.5, 0.6) is 0 Å². The van der Waals surface area contributed by atoms with Gasteiger partial charge in [0.25, 0.3) is 0 Å². The highest BCUT2D eigenvalue weighted by Gasteiger charge is 2.17. The van der Waals surface area contributed by atoms with E-state index in [0.717, 1.165) is 19.5 Å². The van der Waals surface area contributed by atoms with E-state index < -0.39 is 0 Å². The average molecular weight is 251 g/mol. The lowest BCUT2D eigenvalue weighted by atomic mass is 10.0. The number of rotatable bonds is 7. The van der Waals surface area contributed by atoms with Crippen molar-refractivity contribution in [3.8, 4) is 0 Å². The average Bonchev–Trinajstić information content (AvgIpc) is 2.73. The summed E-state index contributed by atoms with van der Waals surface area (Å²) < 4.78 is 1.92. The molecule has 0 saturated heterocycles. The van der Waals surface area contributed by atoms with Crippen LogP contribution < -0.4 is 10.6 Å². The van der Waals surface area contributed by atoms with Crippen LogP contribution in [0.1, 0.15) is 39.7 Å². The predicted molar refractivity (Wildman–Crippen MR) is 74.3 cm³/mol. The van der Waals surface area contributed by atoms with E-state index in [9.17, 15) is 4.79 Å². The fraction of sp³-hybridized carbons (Fsp3) is 0.643. The van der Waals surface area contributed by atoms with E-state index in [1.165, 1.54) is 5.56 Å².